The standard InChI is InChI=1S/C11H23NO2/c1-3-9(8-14-2)12-10-4-6-11(13)7-5-10/h9-13H,3-8H2,1-2H3. The molecule has 1 unspecified atom stereocenters. The van der Waals surface area contributed by atoms with Gasteiger partial charge in [-0.15, -0.1) is 0 Å². The molecule has 1 rings (SSSR count). The Bertz CT molecular complexity index is 144. The molecular formula is C11H23NO2. The van der Waals surface area contributed by atoms with E-state index in [9.17, 15) is 5.11 Å². The van der Waals surface area contributed by atoms with Crippen molar-refractivity contribution in [2.24, 2.45) is 0 Å². The number of aliphatic hydroxyl groups excluding tert-OH is 1. The number of methoxy groups -OCH3 is 1. The second kappa shape index (κ2) is 6.38. The van der Waals surface area contributed by atoms with Crippen LogP contribution in [0.5, 0.6) is 0 Å². The van der Waals surface area contributed by atoms with E-state index in [2.05, 4.69) is 12.2 Å². The molecule has 0 aromatic carbocycles. The van der Waals surface area contributed by atoms with Crippen LogP contribution in [-0.2, 0) is 4.74 Å². The molecule has 0 radical (unpaired) electrons. The van der Waals surface area contributed by atoms with Crippen molar-refractivity contribution in [2.75, 3.05) is 13.7 Å². The number of rotatable bonds is 5. The van der Waals surface area contributed by atoms with E-state index in [0.29, 0.717) is 12.1 Å². The predicted octanol–water partition coefficient (Wildman–Crippen LogP) is 1.30. The van der Waals surface area contributed by atoms with E-state index in [1.165, 1.54) is 0 Å². The van der Waals surface area contributed by atoms with Crippen LogP contribution in [0.3, 0.4) is 0 Å². The first-order chi connectivity index (χ1) is 6.76. The molecule has 2 N–H and O–H groups in total. The highest BCUT2D eigenvalue weighted by Gasteiger charge is 2.20. The fourth-order valence-corrected chi connectivity index (χ4v) is 2.06. The van der Waals surface area contributed by atoms with Gasteiger partial charge in [-0.2, -0.15) is 0 Å². The second-order valence-electron chi connectivity index (χ2n) is 4.23. The van der Waals surface area contributed by atoms with Crippen molar-refractivity contribution >= 4 is 0 Å². The molecule has 3 nitrogen and oxygen atoms in total. The summed E-state index contributed by atoms with van der Waals surface area (Å²) in [6.45, 7) is 2.96. The van der Waals surface area contributed by atoms with E-state index in [4.69, 9.17) is 4.74 Å². The summed E-state index contributed by atoms with van der Waals surface area (Å²) in [5.74, 6) is 0. The van der Waals surface area contributed by atoms with Gasteiger partial charge in [0.05, 0.1) is 12.7 Å². The molecule has 0 saturated heterocycles. The van der Waals surface area contributed by atoms with Crippen LogP contribution in [0.2, 0.25) is 0 Å². The van der Waals surface area contributed by atoms with Crippen LogP contribution >= 0.6 is 0 Å². The summed E-state index contributed by atoms with van der Waals surface area (Å²) in [5.41, 5.74) is 0. The van der Waals surface area contributed by atoms with Gasteiger partial charge in [0.2, 0.25) is 0 Å². The highest BCUT2D eigenvalue weighted by Crippen LogP contribution is 2.18. The van der Waals surface area contributed by atoms with Crippen molar-refractivity contribution in [3.05, 3.63) is 0 Å². The normalized spacial score (nSPS) is 30.2. The van der Waals surface area contributed by atoms with E-state index >= 15 is 0 Å². The fraction of sp³-hybridized carbons (Fsp3) is 1.00. The van der Waals surface area contributed by atoms with E-state index in [1.54, 1.807) is 7.11 Å². The first kappa shape index (κ1) is 12.0. The Morgan fingerprint density at radius 2 is 2.00 bits per heavy atom. The third-order valence-corrected chi connectivity index (χ3v) is 3.03. The topological polar surface area (TPSA) is 41.5 Å². The highest BCUT2D eigenvalue weighted by molar-refractivity contribution is 4.79. The molecule has 3 heteroatoms. The Hall–Kier alpha value is -0.120. The second-order valence-corrected chi connectivity index (χ2v) is 4.23. The van der Waals surface area contributed by atoms with Gasteiger partial charge >= 0.3 is 0 Å². The summed E-state index contributed by atoms with van der Waals surface area (Å²) < 4.78 is 5.15. The summed E-state index contributed by atoms with van der Waals surface area (Å²) in [5, 5.41) is 13.0. The van der Waals surface area contributed by atoms with Crippen molar-refractivity contribution in [2.45, 2.75) is 57.2 Å². The van der Waals surface area contributed by atoms with Crippen molar-refractivity contribution in [1.29, 1.82) is 0 Å². The first-order valence-corrected chi connectivity index (χ1v) is 5.69. The minimum Gasteiger partial charge on any atom is -0.393 e. The summed E-state index contributed by atoms with van der Waals surface area (Å²) in [4.78, 5) is 0. The van der Waals surface area contributed by atoms with Crippen molar-refractivity contribution < 1.29 is 9.84 Å². The average Bonchev–Trinajstić information content (AvgIpc) is 2.20. The van der Waals surface area contributed by atoms with Gasteiger partial charge in [-0.3, -0.25) is 0 Å². The molecule has 0 bridgehead atoms. The first-order valence-electron chi connectivity index (χ1n) is 5.69. The maximum Gasteiger partial charge on any atom is 0.0615 e. The van der Waals surface area contributed by atoms with Gasteiger partial charge in [-0.25, -0.2) is 0 Å². The van der Waals surface area contributed by atoms with E-state index < -0.39 is 0 Å². The van der Waals surface area contributed by atoms with E-state index in [1.807, 2.05) is 0 Å². The summed E-state index contributed by atoms with van der Waals surface area (Å²) in [7, 11) is 1.75. The maximum atomic E-state index is 9.37. The molecule has 0 aromatic rings. The van der Waals surface area contributed by atoms with Crippen LogP contribution in [0.4, 0.5) is 0 Å². The van der Waals surface area contributed by atoms with Gasteiger partial charge in [0.15, 0.2) is 0 Å². The monoisotopic (exact) mass is 201 g/mol. The van der Waals surface area contributed by atoms with Crippen molar-refractivity contribution in [3.8, 4) is 0 Å². The molecule has 84 valence electrons. The van der Waals surface area contributed by atoms with Gasteiger partial charge in [0.25, 0.3) is 0 Å². The van der Waals surface area contributed by atoms with Crippen molar-refractivity contribution in [3.63, 3.8) is 0 Å². The molecular weight excluding hydrogens is 178 g/mol. The maximum absolute atomic E-state index is 9.37. The largest absolute Gasteiger partial charge is 0.393 e. The smallest absolute Gasteiger partial charge is 0.0615 e. The minimum absolute atomic E-state index is 0.0597. The van der Waals surface area contributed by atoms with Crippen LogP contribution in [-0.4, -0.2) is 37.0 Å². The Morgan fingerprint density at radius 3 is 2.50 bits per heavy atom. The molecule has 0 aliphatic heterocycles. The molecule has 1 aliphatic rings. The van der Waals surface area contributed by atoms with Gasteiger partial charge < -0.3 is 15.2 Å². The van der Waals surface area contributed by atoms with Crippen LogP contribution in [0, 0.1) is 0 Å². The van der Waals surface area contributed by atoms with Crippen LogP contribution in [0.1, 0.15) is 39.0 Å². The van der Waals surface area contributed by atoms with Crippen molar-refractivity contribution in [1.82, 2.24) is 5.32 Å². The number of hydrogen-bond acceptors (Lipinski definition) is 3. The third kappa shape index (κ3) is 3.95. The van der Waals surface area contributed by atoms with Gasteiger partial charge in [0.1, 0.15) is 0 Å². The third-order valence-electron chi connectivity index (χ3n) is 3.03. The molecule has 0 spiro atoms. The number of nitrogens with one attached hydrogen (secondary N) is 1. The Balaban J connectivity index is 2.21. The van der Waals surface area contributed by atoms with Crippen LogP contribution < -0.4 is 5.32 Å². The number of aliphatic hydroxyl groups is 1. The predicted molar refractivity (Wildman–Crippen MR) is 57.4 cm³/mol. The lowest BCUT2D eigenvalue weighted by Crippen LogP contribution is -2.43. The molecule has 1 fully saturated rings. The SMILES string of the molecule is CCC(COC)NC1CCC(O)CC1. The van der Waals surface area contributed by atoms with Crippen LogP contribution in [0.15, 0.2) is 0 Å². The highest BCUT2D eigenvalue weighted by atomic mass is 16.5. The Morgan fingerprint density at radius 1 is 1.36 bits per heavy atom. The van der Waals surface area contributed by atoms with Gasteiger partial charge in [-0.1, -0.05) is 6.92 Å². The van der Waals surface area contributed by atoms with Gasteiger partial charge in [0, 0.05) is 19.2 Å². The number of ether oxygens (including phenoxy) is 1. The Labute approximate surface area is 86.8 Å². The average molecular weight is 201 g/mol. The molecule has 0 heterocycles. The summed E-state index contributed by atoms with van der Waals surface area (Å²) >= 11 is 0. The fourth-order valence-electron chi connectivity index (χ4n) is 2.06. The zero-order chi connectivity index (χ0) is 10.4. The van der Waals surface area contributed by atoms with Crippen LogP contribution in [0.25, 0.3) is 0 Å². The molecule has 1 aliphatic carbocycles. The van der Waals surface area contributed by atoms with E-state index in [-0.39, 0.29) is 6.10 Å². The van der Waals surface area contributed by atoms with E-state index in [0.717, 1.165) is 38.7 Å². The molecule has 1 atom stereocenters. The zero-order valence-electron chi connectivity index (χ0n) is 9.33. The quantitative estimate of drug-likeness (QED) is 0.704. The summed E-state index contributed by atoms with van der Waals surface area (Å²) in [6.07, 6.45) is 5.13. The lowest BCUT2D eigenvalue weighted by Gasteiger charge is -2.29. The zero-order valence-corrected chi connectivity index (χ0v) is 9.33. The molecule has 1 saturated carbocycles. The molecule has 0 aromatic heterocycles. The number of hydrogen-bond donors (Lipinski definition) is 2. The molecule has 14 heavy (non-hydrogen) atoms. The van der Waals surface area contributed by atoms with Gasteiger partial charge in [-0.05, 0) is 32.1 Å². The summed E-state index contributed by atoms with van der Waals surface area (Å²) in [6, 6.07) is 1.05. The molecule has 0 amide bonds. The lowest BCUT2D eigenvalue weighted by molar-refractivity contribution is 0.104. The minimum atomic E-state index is -0.0597. The Kier molecular flexibility index (Phi) is 5.45. The lowest BCUT2D eigenvalue weighted by atomic mass is 9.92.